The molecule has 0 unspecified atom stereocenters. The third-order valence-corrected chi connectivity index (χ3v) is 8.82. The summed E-state index contributed by atoms with van der Waals surface area (Å²) in [5.41, 5.74) is 0.0596. The van der Waals surface area contributed by atoms with Crippen molar-refractivity contribution in [1.29, 1.82) is 0 Å². The van der Waals surface area contributed by atoms with Gasteiger partial charge in [-0.1, -0.05) is 26.0 Å². The molecule has 3 N–H and O–H groups in total. The van der Waals surface area contributed by atoms with Gasteiger partial charge in [0, 0.05) is 11.8 Å². The number of aliphatic hydroxyl groups excluding tert-OH is 2. The molecule has 0 aromatic rings. The minimum Gasteiger partial charge on any atom is -0.393 e. The zero-order valence-electron chi connectivity index (χ0n) is 16.0. The molecule has 4 aliphatic carbocycles. The minimum atomic E-state index is -1.10. The van der Waals surface area contributed by atoms with Crippen LogP contribution in [0.2, 0.25) is 0 Å². The molecule has 0 spiro atoms. The van der Waals surface area contributed by atoms with Crippen LogP contribution in [0.5, 0.6) is 0 Å². The van der Waals surface area contributed by atoms with Crippen LogP contribution in [0.1, 0.15) is 58.8 Å². The summed E-state index contributed by atoms with van der Waals surface area (Å²) in [7, 11) is 0. The number of rotatable bonds is 2. The maximum Gasteiger partial charge on any atom is 0.155 e. The molecule has 3 fully saturated rings. The van der Waals surface area contributed by atoms with Crippen molar-refractivity contribution >= 4 is 5.78 Å². The van der Waals surface area contributed by atoms with E-state index in [0.717, 1.165) is 25.7 Å². The Bertz CT molecular complexity index is 682. The molecule has 0 amide bonds. The molecule has 26 heavy (non-hydrogen) atoms. The van der Waals surface area contributed by atoms with Crippen molar-refractivity contribution in [3.8, 4) is 0 Å². The van der Waals surface area contributed by atoms with Crippen LogP contribution in [-0.4, -0.2) is 39.4 Å². The van der Waals surface area contributed by atoms with Crippen molar-refractivity contribution in [3.05, 3.63) is 23.8 Å². The lowest BCUT2D eigenvalue weighted by atomic mass is 9.45. The first-order valence-electron chi connectivity index (χ1n) is 10.1. The van der Waals surface area contributed by atoms with Crippen LogP contribution in [0.15, 0.2) is 23.8 Å². The van der Waals surface area contributed by atoms with Crippen LogP contribution in [0.3, 0.4) is 0 Å². The van der Waals surface area contributed by atoms with Gasteiger partial charge in [-0.15, -0.1) is 0 Å². The summed E-state index contributed by atoms with van der Waals surface area (Å²) in [4.78, 5) is 11.9. The zero-order chi connectivity index (χ0) is 18.9. The summed E-state index contributed by atoms with van der Waals surface area (Å²) >= 11 is 0. The van der Waals surface area contributed by atoms with Gasteiger partial charge in [-0.05, 0) is 73.3 Å². The molecule has 0 heterocycles. The Morgan fingerprint density at radius 3 is 2.69 bits per heavy atom. The number of carbonyl (C=O) groups excluding carboxylic acids is 1. The lowest BCUT2D eigenvalue weighted by molar-refractivity contribution is -0.162. The number of hydrogen-bond donors (Lipinski definition) is 3. The van der Waals surface area contributed by atoms with Crippen molar-refractivity contribution < 1.29 is 20.1 Å². The maximum absolute atomic E-state index is 11.9. The molecule has 0 aromatic heterocycles. The van der Waals surface area contributed by atoms with Crippen LogP contribution in [-0.2, 0) is 4.79 Å². The highest BCUT2D eigenvalue weighted by Gasteiger charge is 2.66. The first-order chi connectivity index (χ1) is 12.2. The molecule has 3 saturated carbocycles. The predicted molar refractivity (Wildman–Crippen MR) is 99.3 cm³/mol. The second-order valence-corrected chi connectivity index (χ2v) is 9.74. The Morgan fingerprint density at radius 1 is 1.27 bits per heavy atom. The third-order valence-electron chi connectivity index (χ3n) is 8.82. The number of allylic oxidation sites excluding steroid dienone is 1. The maximum atomic E-state index is 11.9. The molecule has 0 saturated heterocycles. The van der Waals surface area contributed by atoms with Gasteiger partial charge < -0.3 is 15.3 Å². The SMILES string of the molecule is C=C(CO)[C@]1(O)CC[C@@H]2[C@H]3CCC4=CC(=O)CC[C@@]4(C)[C@@H]3[C@@H](O)C[C@@]21C. The fourth-order valence-corrected chi connectivity index (χ4v) is 7.40. The van der Waals surface area contributed by atoms with Crippen LogP contribution >= 0.6 is 0 Å². The van der Waals surface area contributed by atoms with Crippen LogP contribution in [0, 0.1) is 28.6 Å². The quantitative estimate of drug-likeness (QED) is 0.662. The molecule has 4 rings (SSSR count). The second-order valence-electron chi connectivity index (χ2n) is 9.74. The number of hydrogen-bond acceptors (Lipinski definition) is 4. The molecule has 144 valence electrons. The Hall–Kier alpha value is -0.970. The Morgan fingerprint density at radius 2 is 2.00 bits per heavy atom. The highest BCUT2D eigenvalue weighted by molar-refractivity contribution is 5.91. The van der Waals surface area contributed by atoms with Gasteiger partial charge in [0.25, 0.3) is 0 Å². The van der Waals surface area contributed by atoms with Gasteiger partial charge in [-0.2, -0.15) is 0 Å². The first-order valence-corrected chi connectivity index (χ1v) is 10.1. The van der Waals surface area contributed by atoms with E-state index in [2.05, 4.69) is 20.4 Å². The molecule has 0 aromatic carbocycles. The second kappa shape index (κ2) is 5.76. The highest BCUT2D eigenvalue weighted by Crippen LogP contribution is 2.68. The van der Waals surface area contributed by atoms with E-state index >= 15 is 0 Å². The van der Waals surface area contributed by atoms with E-state index in [1.807, 2.05) is 6.08 Å². The number of ketones is 1. The molecular weight excluding hydrogens is 328 g/mol. The zero-order valence-corrected chi connectivity index (χ0v) is 16.0. The van der Waals surface area contributed by atoms with Gasteiger partial charge >= 0.3 is 0 Å². The van der Waals surface area contributed by atoms with Crippen molar-refractivity contribution in [2.75, 3.05) is 6.61 Å². The van der Waals surface area contributed by atoms with E-state index < -0.39 is 17.1 Å². The summed E-state index contributed by atoms with van der Waals surface area (Å²) in [6.45, 7) is 8.06. The average Bonchev–Trinajstić information content (AvgIpc) is 2.86. The van der Waals surface area contributed by atoms with Crippen LogP contribution < -0.4 is 0 Å². The normalized spacial score (nSPS) is 50.5. The molecule has 4 heteroatoms. The van der Waals surface area contributed by atoms with E-state index in [0.29, 0.717) is 36.7 Å². The summed E-state index contributed by atoms with van der Waals surface area (Å²) in [6, 6.07) is 0. The molecule has 0 bridgehead atoms. The van der Waals surface area contributed by atoms with Crippen LogP contribution in [0.4, 0.5) is 0 Å². The number of fused-ring (bicyclic) bond motifs is 5. The summed E-state index contributed by atoms with van der Waals surface area (Å²) in [5, 5.41) is 32.3. The fraction of sp³-hybridized carbons (Fsp3) is 0.773. The van der Waals surface area contributed by atoms with Gasteiger partial charge in [0.1, 0.15) is 0 Å². The van der Waals surface area contributed by atoms with E-state index in [-0.39, 0.29) is 23.7 Å². The summed E-state index contributed by atoms with van der Waals surface area (Å²) in [5.74, 6) is 1.04. The predicted octanol–water partition coefficient (Wildman–Crippen LogP) is 2.77. The smallest absolute Gasteiger partial charge is 0.155 e. The largest absolute Gasteiger partial charge is 0.393 e. The first kappa shape index (κ1) is 18.4. The summed E-state index contributed by atoms with van der Waals surface area (Å²) < 4.78 is 0. The minimum absolute atomic E-state index is 0.105. The molecule has 4 aliphatic rings. The van der Waals surface area contributed by atoms with Crippen molar-refractivity contribution in [2.24, 2.45) is 28.6 Å². The fourth-order valence-electron chi connectivity index (χ4n) is 7.40. The Balaban J connectivity index is 1.74. The van der Waals surface area contributed by atoms with Gasteiger partial charge in [0.2, 0.25) is 0 Å². The van der Waals surface area contributed by atoms with Gasteiger partial charge in [0.05, 0.1) is 18.3 Å². The van der Waals surface area contributed by atoms with Crippen molar-refractivity contribution in [3.63, 3.8) is 0 Å². The molecule has 7 atom stereocenters. The Kier molecular flexibility index (Phi) is 4.08. The van der Waals surface area contributed by atoms with E-state index in [4.69, 9.17) is 0 Å². The van der Waals surface area contributed by atoms with E-state index in [1.54, 1.807) is 0 Å². The van der Waals surface area contributed by atoms with Gasteiger partial charge in [0.15, 0.2) is 5.78 Å². The van der Waals surface area contributed by atoms with Crippen molar-refractivity contribution in [1.82, 2.24) is 0 Å². The van der Waals surface area contributed by atoms with E-state index in [1.165, 1.54) is 5.57 Å². The van der Waals surface area contributed by atoms with E-state index in [9.17, 15) is 20.1 Å². The summed E-state index contributed by atoms with van der Waals surface area (Å²) in [6.07, 6.45) is 6.69. The molecule has 4 nitrogen and oxygen atoms in total. The monoisotopic (exact) mass is 360 g/mol. The Labute approximate surface area is 156 Å². The number of aliphatic hydroxyl groups is 3. The molecule has 0 radical (unpaired) electrons. The average molecular weight is 360 g/mol. The van der Waals surface area contributed by atoms with Gasteiger partial charge in [-0.3, -0.25) is 4.79 Å². The van der Waals surface area contributed by atoms with Crippen LogP contribution in [0.25, 0.3) is 0 Å². The third kappa shape index (κ3) is 2.15. The highest BCUT2D eigenvalue weighted by atomic mass is 16.3. The number of carbonyl (C=O) groups is 1. The van der Waals surface area contributed by atoms with Crippen molar-refractivity contribution in [2.45, 2.75) is 70.5 Å². The molecular formula is C22H32O4. The van der Waals surface area contributed by atoms with Gasteiger partial charge in [-0.25, -0.2) is 0 Å². The molecule has 0 aliphatic heterocycles. The standard InChI is InChI=1S/C22H32O4/c1-13(12-23)22(26)9-7-17-16-5-4-14-10-15(24)6-8-20(14,2)19(16)18(25)11-21(17,22)3/h10,16-19,23,25-26H,1,4-9,11-12H2,2-3H3/t16-,17-,18+,19+,20-,21+,22-/m1/s1. The lowest BCUT2D eigenvalue weighted by Crippen LogP contribution is -2.60. The topological polar surface area (TPSA) is 77.8 Å². The lowest BCUT2D eigenvalue weighted by Gasteiger charge is -2.61.